The van der Waals surface area contributed by atoms with Gasteiger partial charge < -0.3 is 0 Å². The molecule has 0 aliphatic carbocycles. The van der Waals surface area contributed by atoms with Crippen LogP contribution >= 0.6 is 0 Å². The third-order valence-electron chi connectivity index (χ3n) is 4.44. The van der Waals surface area contributed by atoms with E-state index in [0.717, 1.165) is 25.6 Å². The van der Waals surface area contributed by atoms with E-state index in [4.69, 9.17) is 0 Å². The zero-order valence-electron chi connectivity index (χ0n) is 14.0. The van der Waals surface area contributed by atoms with Crippen LogP contribution in [0.2, 0.25) is 0 Å². The smallest absolute Gasteiger partial charge is 0.243 e. The van der Waals surface area contributed by atoms with Crippen molar-refractivity contribution in [3.05, 3.63) is 65.0 Å². The first kappa shape index (κ1) is 18.9. The minimum atomic E-state index is -4.23. The lowest BCUT2D eigenvalue weighted by Gasteiger charge is -2.28. The number of fused-ring (bicyclic) bond motifs is 1. The molecule has 140 valence electrons. The summed E-state index contributed by atoms with van der Waals surface area (Å²) in [6.45, 7) is 2.46. The maximum absolute atomic E-state index is 13.7. The van der Waals surface area contributed by atoms with Gasteiger partial charge in [0.05, 0.1) is 0 Å². The summed E-state index contributed by atoms with van der Waals surface area (Å²) in [7, 11) is -4.23. The molecule has 0 aromatic heterocycles. The molecule has 0 spiro atoms. The summed E-state index contributed by atoms with van der Waals surface area (Å²) in [5.41, 5.74) is 2.60. The first-order valence-corrected chi connectivity index (χ1v) is 9.79. The van der Waals surface area contributed by atoms with Gasteiger partial charge in [0.1, 0.15) is 4.90 Å². The summed E-state index contributed by atoms with van der Waals surface area (Å²) in [6.07, 6.45) is 1.47. The van der Waals surface area contributed by atoms with E-state index in [1.165, 1.54) is 11.1 Å². The van der Waals surface area contributed by atoms with Crippen molar-refractivity contribution in [1.82, 2.24) is 9.62 Å². The van der Waals surface area contributed by atoms with Crippen LogP contribution in [0.3, 0.4) is 0 Å². The zero-order valence-corrected chi connectivity index (χ0v) is 14.8. The van der Waals surface area contributed by atoms with E-state index in [1.807, 2.05) is 12.1 Å². The Morgan fingerprint density at radius 3 is 2.50 bits per heavy atom. The van der Waals surface area contributed by atoms with Crippen molar-refractivity contribution in [2.75, 3.05) is 19.6 Å². The van der Waals surface area contributed by atoms with Crippen molar-refractivity contribution in [2.24, 2.45) is 0 Å². The van der Waals surface area contributed by atoms with Crippen molar-refractivity contribution < 1.29 is 21.6 Å². The highest BCUT2D eigenvalue weighted by atomic mass is 32.2. The number of sulfonamides is 1. The fraction of sp³-hybridized carbons (Fsp3) is 0.333. The molecule has 2 aromatic rings. The van der Waals surface area contributed by atoms with Gasteiger partial charge in [0.2, 0.25) is 10.0 Å². The number of benzene rings is 2. The molecule has 2 aromatic carbocycles. The maximum atomic E-state index is 13.7. The molecule has 26 heavy (non-hydrogen) atoms. The Labute approximate surface area is 150 Å². The molecule has 0 bridgehead atoms. The van der Waals surface area contributed by atoms with E-state index < -0.39 is 32.4 Å². The highest BCUT2D eigenvalue weighted by Gasteiger charge is 2.23. The summed E-state index contributed by atoms with van der Waals surface area (Å²) in [5.74, 6) is -4.92. The van der Waals surface area contributed by atoms with Gasteiger partial charge in [-0.05, 0) is 42.6 Å². The largest absolute Gasteiger partial charge is 0.299 e. The van der Waals surface area contributed by atoms with Gasteiger partial charge in [-0.25, -0.2) is 26.3 Å². The molecule has 0 fully saturated rings. The first-order chi connectivity index (χ1) is 12.4. The van der Waals surface area contributed by atoms with Crippen LogP contribution < -0.4 is 4.72 Å². The Morgan fingerprint density at radius 1 is 1.00 bits per heavy atom. The second-order valence-corrected chi connectivity index (χ2v) is 7.96. The van der Waals surface area contributed by atoms with Crippen LogP contribution in [0.5, 0.6) is 0 Å². The quantitative estimate of drug-likeness (QED) is 0.616. The minimum Gasteiger partial charge on any atom is -0.299 e. The highest BCUT2D eigenvalue weighted by molar-refractivity contribution is 7.89. The molecule has 1 aliphatic heterocycles. The molecule has 0 amide bonds. The van der Waals surface area contributed by atoms with Crippen LogP contribution in [0.25, 0.3) is 0 Å². The molecule has 3 rings (SSSR count). The van der Waals surface area contributed by atoms with Gasteiger partial charge in [-0.3, -0.25) is 4.90 Å². The summed E-state index contributed by atoms with van der Waals surface area (Å²) < 4.78 is 66.2. The van der Waals surface area contributed by atoms with Crippen LogP contribution in [0.15, 0.2) is 41.3 Å². The van der Waals surface area contributed by atoms with Gasteiger partial charge in [0.25, 0.3) is 0 Å². The molecule has 0 radical (unpaired) electrons. The molecule has 1 heterocycles. The summed E-state index contributed by atoms with van der Waals surface area (Å²) in [6, 6.07) is 9.51. The van der Waals surface area contributed by atoms with Crippen LogP contribution in [-0.2, 0) is 23.0 Å². The lowest BCUT2D eigenvalue weighted by molar-refractivity contribution is 0.251. The normalized spacial score (nSPS) is 15.0. The number of rotatable bonds is 6. The molecular weight excluding hydrogens is 365 g/mol. The lowest BCUT2D eigenvalue weighted by atomic mass is 10.00. The van der Waals surface area contributed by atoms with Gasteiger partial charge in [-0.1, -0.05) is 24.3 Å². The number of hydrogen-bond donors (Lipinski definition) is 1. The summed E-state index contributed by atoms with van der Waals surface area (Å²) in [4.78, 5) is 1.33. The van der Waals surface area contributed by atoms with E-state index in [9.17, 15) is 21.6 Å². The van der Waals surface area contributed by atoms with Gasteiger partial charge in [0.15, 0.2) is 17.5 Å². The molecule has 8 heteroatoms. The highest BCUT2D eigenvalue weighted by Crippen LogP contribution is 2.20. The van der Waals surface area contributed by atoms with Crippen molar-refractivity contribution >= 4 is 10.0 Å². The van der Waals surface area contributed by atoms with Crippen LogP contribution in [0, 0.1) is 17.5 Å². The molecule has 4 nitrogen and oxygen atoms in total. The Bertz CT molecular complexity index is 903. The average molecular weight is 384 g/mol. The predicted molar refractivity (Wildman–Crippen MR) is 91.5 cm³/mol. The maximum Gasteiger partial charge on any atom is 0.243 e. The lowest BCUT2D eigenvalue weighted by Crippen LogP contribution is -2.34. The third kappa shape index (κ3) is 4.08. The first-order valence-electron chi connectivity index (χ1n) is 8.31. The van der Waals surface area contributed by atoms with Crippen molar-refractivity contribution in [2.45, 2.75) is 24.3 Å². The molecule has 0 saturated heterocycles. The number of hydrogen-bond acceptors (Lipinski definition) is 3. The van der Waals surface area contributed by atoms with Gasteiger partial charge in [0, 0.05) is 19.6 Å². The fourth-order valence-corrected chi connectivity index (χ4v) is 4.19. The summed E-state index contributed by atoms with van der Waals surface area (Å²) in [5, 5.41) is 0. The van der Waals surface area contributed by atoms with Gasteiger partial charge >= 0.3 is 0 Å². The van der Waals surface area contributed by atoms with E-state index in [0.29, 0.717) is 19.0 Å². The van der Waals surface area contributed by atoms with E-state index in [2.05, 4.69) is 21.8 Å². The molecular formula is C18H19F3N2O2S. The van der Waals surface area contributed by atoms with Gasteiger partial charge in [-0.15, -0.1) is 0 Å². The predicted octanol–water partition coefficient (Wildman–Crippen LogP) is 2.83. The topological polar surface area (TPSA) is 49.4 Å². The molecule has 1 aliphatic rings. The zero-order chi connectivity index (χ0) is 18.7. The van der Waals surface area contributed by atoms with Crippen LogP contribution in [-0.4, -0.2) is 33.0 Å². The molecule has 1 N–H and O–H groups in total. The van der Waals surface area contributed by atoms with Crippen molar-refractivity contribution in [1.29, 1.82) is 0 Å². The van der Waals surface area contributed by atoms with E-state index in [1.54, 1.807) is 0 Å². The Kier molecular flexibility index (Phi) is 5.64. The fourth-order valence-electron chi connectivity index (χ4n) is 3.05. The van der Waals surface area contributed by atoms with E-state index in [-0.39, 0.29) is 6.54 Å². The monoisotopic (exact) mass is 384 g/mol. The SMILES string of the molecule is O=S(=O)(NCCCN1CCc2ccccc2C1)c1ccc(F)c(F)c1F. The van der Waals surface area contributed by atoms with Gasteiger partial charge in [-0.2, -0.15) is 0 Å². The third-order valence-corrected chi connectivity index (χ3v) is 5.92. The number of nitrogens with one attached hydrogen (secondary N) is 1. The average Bonchev–Trinajstić information content (AvgIpc) is 2.63. The second-order valence-electron chi connectivity index (χ2n) is 6.22. The Hall–Kier alpha value is -1.90. The standard InChI is InChI=1S/C18H19F3N2O2S/c19-15-6-7-16(18(21)17(15)20)26(24,25)22-9-3-10-23-11-8-13-4-1-2-5-14(13)12-23/h1-2,4-7,22H,3,8-12H2. The van der Waals surface area contributed by atoms with Crippen LogP contribution in [0.1, 0.15) is 17.5 Å². The Morgan fingerprint density at radius 2 is 1.73 bits per heavy atom. The molecule has 0 saturated carbocycles. The van der Waals surface area contributed by atoms with E-state index >= 15 is 0 Å². The minimum absolute atomic E-state index is 0.0823. The van der Waals surface area contributed by atoms with Crippen molar-refractivity contribution in [3.63, 3.8) is 0 Å². The molecule has 0 unspecified atom stereocenters. The molecule has 0 atom stereocenters. The number of nitrogens with zero attached hydrogens (tertiary/aromatic N) is 1. The number of halogens is 3. The Balaban J connectivity index is 1.53. The second kappa shape index (κ2) is 7.77. The van der Waals surface area contributed by atoms with Crippen LogP contribution in [0.4, 0.5) is 13.2 Å². The van der Waals surface area contributed by atoms with Crippen molar-refractivity contribution in [3.8, 4) is 0 Å². The summed E-state index contributed by atoms with van der Waals surface area (Å²) >= 11 is 0.